The SMILES string of the molecule is CCC1=C(C(=O)OCC2CCCCC2)C(c2ccc(O)c(Cl)c2)NC(=O)N1. The molecule has 6 nitrogen and oxygen atoms in total. The molecule has 0 aromatic heterocycles. The van der Waals surface area contributed by atoms with Gasteiger partial charge in [0, 0.05) is 5.70 Å². The molecule has 1 aromatic carbocycles. The number of urea groups is 1. The topological polar surface area (TPSA) is 87.7 Å². The minimum atomic E-state index is -0.675. The monoisotopic (exact) mass is 392 g/mol. The molecule has 3 N–H and O–H groups in total. The molecule has 1 saturated carbocycles. The number of ether oxygens (including phenoxy) is 1. The molecule has 2 aliphatic rings. The number of rotatable bonds is 5. The lowest BCUT2D eigenvalue weighted by Gasteiger charge is -2.30. The first-order valence-corrected chi connectivity index (χ1v) is 9.83. The van der Waals surface area contributed by atoms with Crippen molar-refractivity contribution in [1.29, 1.82) is 0 Å². The summed E-state index contributed by atoms with van der Waals surface area (Å²) >= 11 is 6.02. The predicted molar refractivity (Wildman–Crippen MR) is 102 cm³/mol. The van der Waals surface area contributed by atoms with Crippen molar-refractivity contribution in [2.75, 3.05) is 6.61 Å². The molecule has 2 amide bonds. The molecule has 0 bridgehead atoms. The third kappa shape index (κ3) is 4.56. The molecular weight excluding hydrogens is 368 g/mol. The lowest BCUT2D eigenvalue weighted by molar-refractivity contribution is -0.141. The maximum absolute atomic E-state index is 12.9. The van der Waals surface area contributed by atoms with Crippen LogP contribution in [0.1, 0.15) is 57.1 Å². The van der Waals surface area contributed by atoms with Crippen molar-refractivity contribution in [3.8, 4) is 5.75 Å². The van der Waals surface area contributed by atoms with Crippen molar-refractivity contribution in [2.24, 2.45) is 5.92 Å². The predicted octanol–water partition coefficient (Wildman–Crippen LogP) is 4.19. The van der Waals surface area contributed by atoms with E-state index in [-0.39, 0.29) is 16.8 Å². The first-order chi connectivity index (χ1) is 13.0. The summed E-state index contributed by atoms with van der Waals surface area (Å²) in [6, 6.07) is 3.58. The van der Waals surface area contributed by atoms with E-state index in [1.165, 1.54) is 25.3 Å². The zero-order chi connectivity index (χ0) is 19.4. The van der Waals surface area contributed by atoms with Crippen LogP contribution < -0.4 is 10.6 Å². The smallest absolute Gasteiger partial charge is 0.338 e. The molecule has 3 rings (SSSR count). The van der Waals surface area contributed by atoms with E-state index in [1.807, 2.05) is 6.92 Å². The van der Waals surface area contributed by atoms with E-state index >= 15 is 0 Å². The highest BCUT2D eigenvalue weighted by Crippen LogP contribution is 2.33. The van der Waals surface area contributed by atoms with Crippen LogP contribution in [0.4, 0.5) is 4.79 Å². The summed E-state index contributed by atoms with van der Waals surface area (Å²) in [6.07, 6.45) is 6.26. The van der Waals surface area contributed by atoms with Gasteiger partial charge in [-0.15, -0.1) is 0 Å². The van der Waals surface area contributed by atoms with Crippen molar-refractivity contribution >= 4 is 23.6 Å². The van der Waals surface area contributed by atoms with Gasteiger partial charge in [-0.3, -0.25) is 0 Å². The van der Waals surface area contributed by atoms with E-state index in [9.17, 15) is 14.7 Å². The number of hydrogen-bond acceptors (Lipinski definition) is 4. The summed E-state index contributed by atoms with van der Waals surface area (Å²) < 4.78 is 5.62. The number of halogens is 1. The second-order valence-corrected chi connectivity index (χ2v) is 7.50. The third-order valence-electron chi connectivity index (χ3n) is 5.21. The Kier molecular flexibility index (Phi) is 6.26. The zero-order valence-electron chi connectivity index (χ0n) is 15.4. The largest absolute Gasteiger partial charge is 0.506 e. The number of carbonyl (C=O) groups excluding carboxylic acids is 2. The highest BCUT2D eigenvalue weighted by Gasteiger charge is 2.33. The number of benzene rings is 1. The molecule has 1 unspecified atom stereocenters. The molecule has 1 aliphatic heterocycles. The third-order valence-corrected chi connectivity index (χ3v) is 5.51. The van der Waals surface area contributed by atoms with Gasteiger partial charge in [0.2, 0.25) is 0 Å². The standard InChI is InChI=1S/C20H25ClN2O4/c1-2-15-17(19(25)27-11-12-6-4-3-5-7-12)18(23-20(26)22-15)13-8-9-16(24)14(21)10-13/h8-10,12,18,24H,2-7,11H2,1H3,(H2,22,23,26). The average Bonchev–Trinajstić information content (AvgIpc) is 2.68. The highest BCUT2D eigenvalue weighted by atomic mass is 35.5. The fourth-order valence-corrected chi connectivity index (χ4v) is 3.90. The van der Waals surface area contributed by atoms with Crippen LogP contribution in [-0.2, 0) is 9.53 Å². The van der Waals surface area contributed by atoms with Crippen molar-refractivity contribution in [3.63, 3.8) is 0 Å². The normalized spacial score (nSPS) is 20.8. The minimum Gasteiger partial charge on any atom is -0.506 e. The summed E-state index contributed by atoms with van der Waals surface area (Å²) in [6.45, 7) is 2.27. The Morgan fingerprint density at radius 3 is 2.70 bits per heavy atom. The number of phenolic OH excluding ortho intramolecular Hbond substituents is 1. The lowest BCUT2D eigenvalue weighted by Crippen LogP contribution is -2.46. The number of allylic oxidation sites excluding steroid dienone is 1. The number of nitrogens with one attached hydrogen (secondary N) is 2. The molecule has 1 aromatic rings. The quantitative estimate of drug-likeness (QED) is 0.655. The van der Waals surface area contributed by atoms with Gasteiger partial charge in [0.15, 0.2) is 0 Å². The van der Waals surface area contributed by atoms with Crippen LogP contribution in [0.15, 0.2) is 29.5 Å². The molecule has 1 heterocycles. The molecule has 146 valence electrons. The average molecular weight is 393 g/mol. The number of esters is 1. The summed E-state index contributed by atoms with van der Waals surface area (Å²) in [4.78, 5) is 24.9. The van der Waals surface area contributed by atoms with E-state index in [4.69, 9.17) is 16.3 Å². The molecule has 0 radical (unpaired) electrons. The molecule has 7 heteroatoms. The molecule has 27 heavy (non-hydrogen) atoms. The van der Waals surface area contributed by atoms with E-state index in [2.05, 4.69) is 10.6 Å². The van der Waals surface area contributed by atoms with Gasteiger partial charge in [-0.2, -0.15) is 0 Å². The second-order valence-electron chi connectivity index (χ2n) is 7.09. The van der Waals surface area contributed by atoms with Crippen LogP contribution in [0, 0.1) is 5.92 Å². The Labute approximate surface area is 163 Å². The van der Waals surface area contributed by atoms with Gasteiger partial charge in [-0.1, -0.05) is 43.9 Å². The zero-order valence-corrected chi connectivity index (χ0v) is 16.1. The molecule has 1 atom stereocenters. The highest BCUT2D eigenvalue weighted by molar-refractivity contribution is 6.32. The van der Waals surface area contributed by atoms with Gasteiger partial charge >= 0.3 is 12.0 Å². The Morgan fingerprint density at radius 1 is 1.30 bits per heavy atom. The van der Waals surface area contributed by atoms with Crippen molar-refractivity contribution in [1.82, 2.24) is 10.6 Å². The molecule has 1 aliphatic carbocycles. The Hall–Kier alpha value is -2.21. The summed E-state index contributed by atoms with van der Waals surface area (Å²) in [7, 11) is 0. The lowest BCUT2D eigenvalue weighted by atomic mass is 9.90. The molecule has 0 spiro atoms. The number of carbonyl (C=O) groups is 2. The van der Waals surface area contributed by atoms with E-state index in [0.717, 1.165) is 12.8 Å². The van der Waals surface area contributed by atoms with Gasteiger partial charge in [0.05, 0.1) is 23.2 Å². The summed E-state index contributed by atoms with van der Waals surface area (Å²) in [5, 5.41) is 15.3. The van der Waals surface area contributed by atoms with Crippen LogP contribution >= 0.6 is 11.6 Å². The van der Waals surface area contributed by atoms with Crippen LogP contribution in [0.25, 0.3) is 0 Å². The van der Waals surface area contributed by atoms with Gasteiger partial charge in [0.25, 0.3) is 0 Å². The second kappa shape index (κ2) is 8.65. The van der Waals surface area contributed by atoms with E-state index in [1.54, 1.807) is 12.1 Å². The fraction of sp³-hybridized carbons (Fsp3) is 0.500. The summed E-state index contributed by atoms with van der Waals surface area (Å²) in [5.41, 5.74) is 1.54. The Morgan fingerprint density at radius 2 is 2.04 bits per heavy atom. The van der Waals surface area contributed by atoms with Gasteiger partial charge < -0.3 is 20.5 Å². The summed E-state index contributed by atoms with van der Waals surface area (Å²) in [5.74, 6) is -0.0815. The van der Waals surface area contributed by atoms with Crippen LogP contribution in [0.5, 0.6) is 5.75 Å². The van der Waals surface area contributed by atoms with Crippen molar-refractivity contribution in [3.05, 3.63) is 40.1 Å². The molecular formula is C20H25ClN2O4. The number of phenols is 1. The maximum atomic E-state index is 12.9. The molecule has 0 saturated heterocycles. The molecule has 1 fully saturated rings. The van der Waals surface area contributed by atoms with E-state index in [0.29, 0.717) is 35.8 Å². The van der Waals surface area contributed by atoms with Gasteiger partial charge in [-0.05, 0) is 42.9 Å². The fourth-order valence-electron chi connectivity index (χ4n) is 3.72. The van der Waals surface area contributed by atoms with E-state index < -0.39 is 12.0 Å². The van der Waals surface area contributed by atoms with Gasteiger partial charge in [-0.25, -0.2) is 9.59 Å². The van der Waals surface area contributed by atoms with Crippen LogP contribution in [0.3, 0.4) is 0 Å². The van der Waals surface area contributed by atoms with Crippen molar-refractivity contribution < 1.29 is 19.4 Å². The number of aromatic hydroxyl groups is 1. The van der Waals surface area contributed by atoms with Crippen molar-refractivity contribution in [2.45, 2.75) is 51.5 Å². The Balaban J connectivity index is 1.84. The first kappa shape index (κ1) is 19.5. The minimum absolute atomic E-state index is 0.0539. The number of hydrogen-bond donors (Lipinski definition) is 3. The first-order valence-electron chi connectivity index (χ1n) is 9.45. The van der Waals surface area contributed by atoms with Gasteiger partial charge in [0.1, 0.15) is 5.75 Å². The number of amides is 2. The maximum Gasteiger partial charge on any atom is 0.338 e. The van der Waals surface area contributed by atoms with Crippen LogP contribution in [0.2, 0.25) is 5.02 Å². The van der Waals surface area contributed by atoms with Crippen LogP contribution in [-0.4, -0.2) is 23.7 Å². The Bertz CT molecular complexity index is 756.